The van der Waals surface area contributed by atoms with E-state index in [9.17, 15) is 9.59 Å². The van der Waals surface area contributed by atoms with Gasteiger partial charge in [-0.25, -0.2) is 0 Å². The largest absolute Gasteiger partial charge is 0.469 e. The minimum atomic E-state index is -0.241. The van der Waals surface area contributed by atoms with Crippen molar-refractivity contribution in [1.82, 2.24) is 4.90 Å². The van der Waals surface area contributed by atoms with Gasteiger partial charge in [-0.2, -0.15) is 0 Å². The van der Waals surface area contributed by atoms with Crippen LogP contribution in [0.25, 0.3) is 0 Å². The molecule has 0 bridgehead atoms. The van der Waals surface area contributed by atoms with Gasteiger partial charge in [-0.1, -0.05) is 36.0 Å². The van der Waals surface area contributed by atoms with Crippen LogP contribution in [0, 0.1) is 0 Å². The summed E-state index contributed by atoms with van der Waals surface area (Å²) in [6.45, 7) is 1.17. The fourth-order valence-corrected chi connectivity index (χ4v) is 4.20. The van der Waals surface area contributed by atoms with Gasteiger partial charge in [0.15, 0.2) is 0 Å². The molecule has 0 spiro atoms. The van der Waals surface area contributed by atoms with Crippen LogP contribution in [0.1, 0.15) is 19.3 Å². The van der Waals surface area contributed by atoms with E-state index in [0.29, 0.717) is 32.4 Å². The molecule has 0 N–H and O–H groups in total. The molecule has 0 saturated heterocycles. The molecule has 0 atom stereocenters. The maximum atomic E-state index is 12.5. The lowest BCUT2D eigenvalue weighted by atomic mass is 10.2. The first-order chi connectivity index (χ1) is 13.1. The average Bonchev–Trinajstić information content (AvgIpc) is 2.70. The van der Waals surface area contributed by atoms with E-state index in [2.05, 4.69) is 33.9 Å². The van der Waals surface area contributed by atoms with Gasteiger partial charge in [0.25, 0.3) is 0 Å². The number of hydrogen-bond acceptors (Lipinski definition) is 5. The first kappa shape index (κ1) is 19.3. The Morgan fingerprint density at radius 3 is 2.19 bits per heavy atom. The van der Waals surface area contributed by atoms with Crippen molar-refractivity contribution < 1.29 is 14.3 Å². The highest BCUT2D eigenvalue weighted by Crippen LogP contribution is 2.47. The minimum Gasteiger partial charge on any atom is -0.469 e. The molecule has 0 aromatic heterocycles. The highest BCUT2D eigenvalue weighted by atomic mass is 32.2. The number of rotatable bonds is 7. The van der Waals surface area contributed by atoms with Crippen molar-refractivity contribution in [3.63, 3.8) is 0 Å². The maximum Gasteiger partial charge on any atom is 0.305 e. The molecule has 142 valence electrons. The van der Waals surface area contributed by atoms with Gasteiger partial charge in [0.1, 0.15) is 0 Å². The number of fused-ring (bicyclic) bond motifs is 2. The summed E-state index contributed by atoms with van der Waals surface area (Å²) in [6, 6.07) is 16.6. The number of hydrogen-bond donors (Lipinski definition) is 0. The number of para-hydroxylation sites is 2. The molecule has 5 nitrogen and oxygen atoms in total. The third-order valence-electron chi connectivity index (χ3n) is 4.61. The van der Waals surface area contributed by atoms with Crippen LogP contribution < -0.4 is 4.90 Å². The number of carbonyl (C=O) groups excluding carboxylic acids is 2. The zero-order valence-electron chi connectivity index (χ0n) is 15.7. The second-order valence-electron chi connectivity index (χ2n) is 6.43. The summed E-state index contributed by atoms with van der Waals surface area (Å²) in [7, 11) is 3.16. The molecule has 1 amide bonds. The quantitative estimate of drug-likeness (QED) is 0.673. The Balaban J connectivity index is 1.64. The van der Waals surface area contributed by atoms with Crippen LogP contribution in [0.5, 0.6) is 0 Å². The first-order valence-corrected chi connectivity index (χ1v) is 9.86. The van der Waals surface area contributed by atoms with E-state index >= 15 is 0 Å². The van der Waals surface area contributed by atoms with Crippen LogP contribution in [-0.4, -0.2) is 44.0 Å². The Labute approximate surface area is 164 Å². The van der Waals surface area contributed by atoms with Crippen LogP contribution >= 0.6 is 11.8 Å². The van der Waals surface area contributed by atoms with Gasteiger partial charge in [-0.3, -0.25) is 9.59 Å². The van der Waals surface area contributed by atoms with Crippen molar-refractivity contribution >= 4 is 35.0 Å². The van der Waals surface area contributed by atoms with Crippen LogP contribution in [0.3, 0.4) is 0 Å². The lowest BCUT2D eigenvalue weighted by molar-refractivity contribution is -0.141. The number of methoxy groups -OCH3 is 1. The molecule has 0 fully saturated rings. The van der Waals surface area contributed by atoms with E-state index in [1.807, 2.05) is 24.3 Å². The van der Waals surface area contributed by atoms with E-state index in [0.717, 1.165) is 11.4 Å². The minimum absolute atomic E-state index is 0.0769. The smallest absolute Gasteiger partial charge is 0.305 e. The number of benzene rings is 2. The van der Waals surface area contributed by atoms with Crippen LogP contribution in [0.15, 0.2) is 58.3 Å². The monoisotopic (exact) mass is 384 g/mol. The zero-order valence-corrected chi connectivity index (χ0v) is 16.5. The standard InChI is InChI=1S/C21H24N2O3S/c1-22(14-7-12-21(25)26-2)20(24)13-15-23-16-8-3-5-10-18(16)27-19-11-6-4-9-17(19)23/h3-6,8-11H,7,12-15H2,1-2H3. The van der Waals surface area contributed by atoms with Crippen molar-refractivity contribution in [3.8, 4) is 0 Å². The summed E-state index contributed by atoms with van der Waals surface area (Å²) in [5.74, 6) is -0.164. The number of anilines is 2. The second-order valence-corrected chi connectivity index (χ2v) is 7.52. The molecule has 1 aliphatic heterocycles. The summed E-state index contributed by atoms with van der Waals surface area (Å²) in [5.41, 5.74) is 2.28. The van der Waals surface area contributed by atoms with Crippen molar-refractivity contribution in [2.75, 3.05) is 32.1 Å². The van der Waals surface area contributed by atoms with Crippen molar-refractivity contribution in [2.45, 2.75) is 29.1 Å². The summed E-state index contributed by atoms with van der Waals surface area (Å²) >= 11 is 1.76. The number of amides is 1. The van der Waals surface area contributed by atoms with Gasteiger partial charge in [0.05, 0.1) is 18.5 Å². The zero-order chi connectivity index (χ0) is 19.2. The fraction of sp³-hybridized carbons (Fsp3) is 0.333. The predicted molar refractivity (Wildman–Crippen MR) is 108 cm³/mol. The van der Waals surface area contributed by atoms with Crippen LogP contribution in [0.4, 0.5) is 11.4 Å². The fourth-order valence-electron chi connectivity index (χ4n) is 3.11. The van der Waals surface area contributed by atoms with E-state index in [1.165, 1.54) is 16.9 Å². The lowest BCUT2D eigenvalue weighted by Crippen LogP contribution is -2.32. The Morgan fingerprint density at radius 2 is 1.59 bits per heavy atom. The Hall–Kier alpha value is -2.47. The SMILES string of the molecule is COC(=O)CCCN(C)C(=O)CCN1c2ccccc2Sc2ccccc21. The summed E-state index contributed by atoms with van der Waals surface area (Å²) in [4.78, 5) is 30.1. The Bertz CT molecular complexity index is 779. The molecule has 0 aliphatic carbocycles. The Morgan fingerprint density at radius 1 is 1.00 bits per heavy atom. The molecule has 27 heavy (non-hydrogen) atoms. The van der Waals surface area contributed by atoms with E-state index < -0.39 is 0 Å². The van der Waals surface area contributed by atoms with E-state index in [4.69, 9.17) is 0 Å². The molecule has 2 aromatic carbocycles. The van der Waals surface area contributed by atoms with Gasteiger partial charge in [0, 0.05) is 42.8 Å². The number of esters is 1. The van der Waals surface area contributed by atoms with E-state index in [-0.39, 0.29) is 11.9 Å². The average molecular weight is 385 g/mol. The van der Waals surface area contributed by atoms with Crippen molar-refractivity contribution in [2.24, 2.45) is 0 Å². The molecule has 0 saturated carbocycles. The highest BCUT2D eigenvalue weighted by molar-refractivity contribution is 7.99. The highest BCUT2D eigenvalue weighted by Gasteiger charge is 2.23. The number of ether oxygens (including phenoxy) is 1. The molecule has 3 rings (SSSR count). The normalized spacial score (nSPS) is 12.1. The molecule has 1 heterocycles. The van der Waals surface area contributed by atoms with Crippen LogP contribution in [0.2, 0.25) is 0 Å². The molecule has 0 radical (unpaired) electrons. The van der Waals surface area contributed by atoms with Gasteiger partial charge in [-0.05, 0) is 30.7 Å². The second kappa shape index (κ2) is 8.95. The van der Waals surface area contributed by atoms with Gasteiger partial charge < -0.3 is 14.5 Å². The number of nitrogens with zero attached hydrogens (tertiary/aromatic N) is 2. The molecule has 6 heteroatoms. The summed E-state index contributed by atoms with van der Waals surface area (Å²) < 4.78 is 4.63. The third kappa shape index (κ3) is 4.63. The van der Waals surface area contributed by atoms with E-state index in [1.54, 1.807) is 23.7 Å². The van der Waals surface area contributed by atoms with Crippen molar-refractivity contribution in [3.05, 3.63) is 48.5 Å². The van der Waals surface area contributed by atoms with Gasteiger partial charge >= 0.3 is 5.97 Å². The molecule has 1 aliphatic rings. The summed E-state index contributed by atoms with van der Waals surface area (Å²) in [5, 5.41) is 0. The van der Waals surface area contributed by atoms with Crippen molar-refractivity contribution in [1.29, 1.82) is 0 Å². The molecular weight excluding hydrogens is 360 g/mol. The lowest BCUT2D eigenvalue weighted by Gasteiger charge is -2.33. The predicted octanol–water partition coefficient (Wildman–Crippen LogP) is 4.09. The van der Waals surface area contributed by atoms with Gasteiger partial charge in [0.2, 0.25) is 5.91 Å². The Kier molecular flexibility index (Phi) is 6.40. The van der Waals surface area contributed by atoms with Crippen LogP contribution in [-0.2, 0) is 14.3 Å². The topological polar surface area (TPSA) is 49.9 Å². The molecular formula is C21H24N2O3S. The summed E-state index contributed by atoms with van der Waals surface area (Å²) in [6.07, 6.45) is 1.36. The number of carbonyl (C=O) groups is 2. The first-order valence-electron chi connectivity index (χ1n) is 9.04. The third-order valence-corrected chi connectivity index (χ3v) is 5.74. The van der Waals surface area contributed by atoms with Gasteiger partial charge in [-0.15, -0.1) is 0 Å². The molecule has 0 unspecified atom stereocenters. The molecule has 2 aromatic rings. The maximum absolute atomic E-state index is 12.5.